The van der Waals surface area contributed by atoms with Crippen LogP contribution in [0.25, 0.3) is 0 Å². The van der Waals surface area contributed by atoms with Gasteiger partial charge in [-0.25, -0.2) is 0 Å². The highest BCUT2D eigenvalue weighted by Crippen LogP contribution is 2.27. The van der Waals surface area contributed by atoms with Gasteiger partial charge in [-0.05, 0) is 56.7 Å². The first-order chi connectivity index (χ1) is 9.43. The van der Waals surface area contributed by atoms with E-state index in [0.29, 0.717) is 0 Å². The Labute approximate surface area is 117 Å². The third-order valence-corrected chi connectivity index (χ3v) is 4.60. The Morgan fingerprint density at radius 1 is 1.16 bits per heavy atom. The van der Waals surface area contributed by atoms with Gasteiger partial charge < -0.3 is 10.2 Å². The molecule has 0 aliphatic carbocycles. The van der Waals surface area contributed by atoms with Crippen molar-refractivity contribution < 1.29 is 0 Å². The van der Waals surface area contributed by atoms with Crippen LogP contribution in [0.1, 0.15) is 44.1 Å². The van der Waals surface area contributed by atoms with Crippen molar-refractivity contribution in [1.29, 1.82) is 0 Å². The van der Waals surface area contributed by atoms with Crippen molar-refractivity contribution >= 4 is 5.69 Å². The zero-order valence-electron chi connectivity index (χ0n) is 11.9. The Kier molecular flexibility index (Phi) is 4.39. The molecule has 0 spiro atoms. The average molecular weight is 258 g/mol. The number of aryl methyl sites for hydroxylation is 1. The molecule has 1 atom stereocenters. The lowest BCUT2D eigenvalue weighted by atomic mass is 9.99. The Morgan fingerprint density at radius 2 is 2.11 bits per heavy atom. The summed E-state index contributed by atoms with van der Waals surface area (Å²) in [5.41, 5.74) is 3.04. The van der Waals surface area contributed by atoms with Gasteiger partial charge in [0.1, 0.15) is 0 Å². The summed E-state index contributed by atoms with van der Waals surface area (Å²) >= 11 is 0. The topological polar surface area (TPSA) is 15.3 Å². The largest absolute Gasteiger partial charge is 0.371 e. The summed E-state index contributed by atoms with van der Waals surface area (Å²) in [6.45, 7) is 3.71. The minimum absolute atomic E-state index is 0.786. The van der Waals surface area contributed by atoms with Crippen molar-refractivity contribution in [2.75, 3.05) is 24.5 Å². The summed E-state index contributed by atoms with van der Waals surface area (Å²) in [5, 5.41) is 3.66. The maximum absolute atomic E-state index is 3.66. The van der Waals surface area contributed by atoms with Crippen LogP contribution in [0.5, 0.6) is 0 Å². The van der Waals surface area contributed by atoms with Crippen molar-refractivity contribution in [3.63, 3.8) is 0 Å². The van der Waals surface area contributed by atoms with Crippen LogP contribution in [-0.4, -0.2) is 25.7 Å². The van der Waals surface area contributed by atoms with Crippen LogP contribution in [0.4, 0.5) is 5.69 Å². The van der Waals surface area contributed by atoms with Gasteiger partial charge in [0.15, 0.2) is 0 Å². The van der Waals surface area contributed by atoms with E-state index in [1.54, 1.807) is 5.56 Å². The Hall–Kier alpha value is -1.02. The minimum atomic E-state index is 0.786. The van der Waals surface area contributed by atoms with Crippen molar-refractivity contribution in [3.8, 4) is 0 Å². The van der Waals surface area contributed by atoms with Gasteiger partial charge in [0.2, 0.25) is 0 Å². The number of anilines is 1. The average Bonchev–Trinajstić information content (AvgIpc) is 2.49. The molecule has 0 aromatic heterocycles. The van der Waals surface area contributed by atoms with Crippen LogP contribution in [0.3, 0.4) is 0 Å². The van der Waals surface area contributed by atoms with Crippen LogP contribution in [0.2, 0.25) is 0 Å². The quantitative estimate of drug-likeness (QED) is 0.891. The molecule has 0 saturated carbocycles. The zero-order chi connectivity index (χ0) is 12.9. The molecular weight excluding hydrogens is 232 g/mol. The first kappa shape index (κ1) is 13.0. The lowest BCUT2D eigenvalue weighted by Crippen LogP contribution is -2.35. The summed E-state index contributed by atoms with van der Waals surface area (Å²) in [6.07, 6.45) is 9.43. The minimum Gasteiger partial charge on any atom is -0.371 e. The van der Waals surface area contributed by atoms with Crippen molar-refractivity contribution in [2.45, 2.75) is 51.0 Å². The van der Waals surface area contributed by atoms with E-state index in [-0.39, 0.29) is 0 Å². The number of rotatable bonds is 4. The first-order valence-electron chi connectivity index (χ1n) is 8.00. The predicted molar refractivity (Wildman–Crippen MR) is 81.9 cm³/mol. The summed E-state index contributed by atoms with van der Waals surface area (Å²) in [5.74, 6) is 0. The molecule has 0 radical (unpaired) electrons. The second-order valence-corrected chi connectivity index (χ2v) is 6.01. The number of hydrogen-bond donors (Lipinski definition) is 1. The molecule has 1 aromatic carbocycles. The van der Waals surface area contributed by atoms with Gasteiger partial charge in [0, 0.05) is 24.8 Å². The van der Waals surface area contributed by atoms with Crippen LogP contribution in [0, 0.1) is 0 Å². The standard InChI is InChI=1S/C17H26N2/c1-2-11-17-15(7-1)8-5-13-19(17)14-6-10-16-9-3-4-12-18-16/h1-2,7,11,16,18H,3-6,8-10,12-14H2. The fourth-order valence-corrected chi connectivity index (χ4v) is 3.54. The van der Waals surface area contributed by atoms with Gasteiger partial charge >= 0.3 is 0 Å². The highest BCUT2D eigenvalue weighted by molar-refractivity contribution is 5.55. The molecule has 2 aliphatic heterocycles. The van der Waals surface area contributed by atoms with E-state index in [4.69, 9.17) is 0 Å². The molecule has 1 fully saturated rings. The number of hydrogen-bond acceptors (Lipinski definition) is 2. The molecule has 104 valence electrons. The second kappa shape index (κ2) is 6.42. The lowest BCUT2D eigenvalue weighted by molar-refractivity contribution is 0.375. The van der Waals surface area contributed by atoms with E-state index in [1.807, 2.05) is 0 Å². The normalized spacial score (nSPS) is 23.2. The van der Waals surface area contributed by atoms with E-state index >= 15 is 0 Å². The molecule has 1 aromatic rings. The highest BCUT2D eigenvalue weighted by Gasteiger charge is 2.17. The molecule has 2 heteroatoms. The lowest BCUT2D eigenvalue weighted by Gasteiger charge is -2.32. The number of piperidine rings is 1. The Morgan fingerprint density at radius 3 is 3.00 bits per heavy atom. The smallest absolute Gasteiger partial charge is 0.0398 e. The van der Waals surface area contributed by atoms with Gasteiger partial charge in [-0.1, -0.05) is 24.6 Å². The van der Waals surface area contributed by atoms with E-state index in [1.165, 1.54) is 70.3 Å². The third kappa shape index (κ3) is 3.30. The summed E-state index contributed by atoms with van der Waals surface area (Å²) in [6, 6.07) is 9.74. The summed E-state index contributed by atoms with van der Waals surface area (Å²) in [4.78, 5) is 2.60. The molecule has 2 heterocycles. The monoisotopic (exact) mass is 258 g/mol. The number of nitrogens with one attached hydrogen (secondary N) is 1. The fraction of sp³-hybridized carbons (Fsp3) is 0.647. The van der Waals surface area contributed by atoms with Crippen LogP contribution < -0.4 is 10.2 Å². The molecule has 19 heavy (non-hydrogen) atoms. The zero-order valence-corrected chi connectivity index (χ0v) is 11.9. The SMILES string of the molecule is c1ccc2c(c1)CCCN2CCCC1CCCCN1. The van der Waals surface area contributed by atoms with Gasteiger partial charge in [0.05, 0.1) is 0 Å². The molecule has 2 nitrogen and oxygen atoms in total. The first-order valence-corrected chi connectivity index (χ1v) is 8.00. The number of para-hydroxylation sites is 1. The van der Waals surface area contributed by atoms with Crippen molar-refractivity contribution in [1.82, 2.24) is 5.32 Å². The Bertz CT molecular complexity index is 396. The maximum atomic E-state index is 3.66. The Balaban J connectivity index is 1.50. The van der Waals surface area contributed by atoms with Crippen LogP contribution in [0.15, 0.2) is 24.3 Å². The molecule has 1 N–H and O–H groups in total. The fourth-order valence-electron chi connectivity index (χ4n) is 3.54. The summed E-state index contributed by atoms with van der Waals surface area (Å²) in [7, 11) is 0. The van der Waals surface area contributed by atoms with Crippen molar-refractivity contribution in [2.24, 2.45) is 0 Å². The molecule has 0 bridgehead atoms. The van der Waals surface area contributed by atoms with Gasteiger partial charge in [0.25, 0.3) is 0 Å². The molecule has 1 saturated heterocycles. The van der Waals surface area contributed by atoms with E-state index in [2.05, 4.69) is 34.5 Å². The number of nitrogens with zero attached hydrogens (tertiary/aromatic N) is 1. The summed E-state index contributed by atoms with van der Waals surface area (Å²) < 4.78 is 0. The number of fused-ring (bicyclic) bond motifs is 1. The molecular formula is C17H26N2. The van der Waals surface area contributed by atoms with Gasteiger partial charge in [-0.15, -0.1) is 0 Å². The van der Waals surface area contributed by atoms with Crippen LogP contribution in [-0.2, 0) is 6.42 Å². The predicted octanol–water partition coefficient (Wildman–Crippen LogP) is 3.36. The molecule has 3 rings (SSSR count). The van der Waals surface area contributed by atoms with Crippen molar-refractivity contribution in [3.05, 3.63) is 29.8 Å². The van der Waals surface area contributed by atoms with Gasteiger partial charge in [-0.3, -0.25) is 0 Å². The second-order valence-electron chi connectivity index (χ2n) is 6.01. The van der Waals surface area contributed by atoms with E-state index in [0.717, 1.165) is 6.04 Å². The molecule has 0 amide bonds. The maximum Gasteiger partial charge on any atom is 0.0398 e. The highest BCUT2D eigenvalue weighted by atomic mass is 15.1. The van der Waals surface area contributed by atoms with Gasteiger partial charge in [-0.2, -0.15) is 0 Å². The van der Waals surface area contributed by atoms with E-state index < -0.39 is 0 Å². The van der Waals surface area contributed by atoms with Crippen LogP contribution >= 0.6 is 0 Å². The van der Waals surface area contributed by atoms with E-state index in [9.17, 15) is 0 Å². The molecule has 1 unspecified atom stereocenters. The third-order valence-electron chi connectivity index (χ3n) is 4.60. The number of benzene rings is 1. The molecule has 2 aliphatic rings.